The molecule has 0 saturated carbocycles. The lowest BCUT2D eigenvalue weighted by Gasteiger charge is -2.36. The second kappa shape index (κ2) is 6.99. The summed E-state index contributed by atoms with van der Waals surface area (Å²) in [6, 6.07) is 0.385. The topological polar surface area (TPSA) is 41.6 Å². The number of nitrogens with one attached hydrogen (secondary N) is 1. The van der Waals surface area contributed by atoms with Crippen LogP contribution in [0.2, 0.25) is 0 Å². The second-order valence-electron chi connectivity index (χ2n) is 8.44. The van der Waals surface area contributed by atoms with E-state index < -0.39 is 5.60 Å². The molecular formula is C17H34N2O2. The molecule has 0 bridgehead atoms. The summed E-state index contributed by atoms with van der Waals surface area (Å²) in [4.78, 5) is 14.0. The Bertz CT molecular complexity index is 342. The Morgan fingerprint density at radius 1 is 1.29 bits per heavy atom. The molecule has 0 aromatic rings. The first-order valence-corrected chi connectivity index (χ1v) is 8.20. The number of rotatable bonds is 3. The van der Waals surface area contributed by atoms with Gasteiger partial charge in [0.15, 0.2) is 0 Å². The van der Waals surface area contributed by atoms with Crippen LogP contribution in [-0.4, -0.2) is 42.3 Å². The molecule has 124 valence electrons. The van der Waals surface area contributed by atoms with Crippen LogP contribution in [0.15, 0.2) is 0 Å². The van der Waals surface area contributed by atoms with E-state index in [9.17, 15) is 4.79 Å². The van der Waals surface area contributed by atoms with E-state index in [-0.39, 0.29) is 6.09 Å². The van der Waals surface area contributed by atoms with Crippen molar-refractivity contribution in [2.24, 2.45) is 11.3 Å². The van der Waals surface area contributed by atoms with Gasteiger partial charge in [-0.3, -0.25) is 0 Å². The van der Waals surface area contributed by atoms with Gasteiger partial charge >= 0.3 is 6.09 Å². The number of amides is 1. The van der Waals surface area contributed by atoms with E-state index in [1.807, 2.05) is 25.7 Å². The van der Waals surface area contributed by atoms with Gasteiger partial charge in [0.1, 0.15) is 5.60 Å². The van der Waals surface area contributed by atoms with Crippen LogP contribution in [0.4, 0.5) is 4.79 Å². The molecule has 1 fully saturated rings. The normalized spacial score (nSPS) is 22.0. The Hall–Kier alpha value is -0.770. The van der Waals surface area contributed by atoms with Crippen molar-refractivity contribution in [1.82, 2.24) is 10.2 Å². The van der Waals surface area contributed by atoms with Crippen molar-refractivity contribution < 1.29 is 9.53 Å². The number of carbonyl (C=O) groups excluding carboxylic acids is 1. The Morgan fingerprint density at radius 3 is 2.43 bits per heavy atom. The number of hydrogen-bond acceptors (Lipinski definition) is 3. The summed E-state index contributed by atoms with van der Waals surface area (Å²) < 4.78 is 5.46. The quantitative estimate of drug-likeness (QED) is 0.864. The number of carbonyl (C=O) groups is 1. The predicted octanol–water partition coefficient (Wildman–Crippen LogP) is 3.66. The Balaban J connectivity index is 2.44. The van der Waals surface area contributed by atoms with E-state index in [2.05, 4.69) is 33.0 Å². The van der Waals surface area contributed by atoms with Crippen molar-refractivity contribution in [3.63, 3.8) is 0 Å². The van der Waals surface area contributed by atoms with Gasteiger partial charge in [0, 0.05) is 19.1 Å². The van der Waals surface area contributed by atoms with Crippen LogP contribution in [0.5, 0.6) is 0 Å². The maximum absolute atomic E-state index is 12.1. The summed E-state index contributed by atoms with van der Waals surface area (Å²) in [5.74, 6) is 0.606. The minimum atomic E-state index is -0.418. The molecule has 0 radical (unpaired) electrons. The lowest BCUT2D eigenvalue weighted by Crippen LogP contribution is -2.50. The Labute approximate surface area is 130 Å². The van der Waals surface area contributed by atoms with E-state index in [4.69, 9.17) is 4.74 Å². The molecule has 1 rings (SSSR count). The maximum Gasteiger partial charge on any atom is 0.410 e. The summed E-state index contributed by atoms with van der Waals surface area (Å²) in [5, 5.41) is 3.63. The van der Waals surface area contributed by atoms with Crippen LogP contribution in [0.3, 0.4) is 0 Å². The van der Waals surface area contributed by atoms with Crippen molar-refractivity contribution in [2.75, 3.05) is 19.6 Å². The molecule has 21 heavy (non-hydrogen) atoms. The number of likely N-dealkylation sites (tertiary alicyclic amines) is 1. The van der Waals surface area contributed by atoms with Crippen molar-refractivity contribution >= 4 is 6.09 Å². The molecule has 2 unspecified atom stereocenters. The smallest absolute Gasteiger partial charge is 0.410 e. The van der Waals surface area contributed by atoms with E-state index in [0.717, 1.165) is 32.5 Å². The molecule has 0 aromatic carbocycles. The minimum Gasteiger partial charge on any atom is -0.444 e. The highest BCUT2D eigenvalue weighted by Crippen LogP contribution is 2.25. The van der Waals surface area contributed by atoms with Gasteiger partial charge in [-0.15, -0.1) is 0 Å². The molecular weight excluding hydrogens is 264 g/mol. The zero-order chi connectivity index (χ0) is 16.3. The van der Waals surface area contributed by atoms with Crippen LogP contribution in [-0.2, 0) is 4.74 Å². The lowest BCUT2D eigenvalue weighted by molar-refractivity contribution is 0.0184. The average Bonchev–Trinajstić information content (AvgIpc) is 2.33. The summed E-state index contributed by atoms with van der Waals surface area (Å²) >= 11 is 0. The lowest BCUT2D eigenvalue weighted by atomic mass is 9.82. The van der Waals surface area contributed by atoms with Crippen molar-refractivity contribution in [3.05, 3.63) is 0 Å². The number of ether oxygens (including phenoxy) is 1. The average molecular weight is 298 g/mol. The van der Waals surface area contributed by atoms with Gasteiger partial charge in [0.25, 0.3) is 0 Å². The summed E-state index contributed by atoms with van der Waals surface area (Å²) in [7, 11) is 0. The van der Waals surface area contributed by atoms with Gasteiger partial charge in [-0.05, 0) is 51.5 Å². The standard InChI is InChI=1S/C17H34N2O2/c1-13(16(2,3)4)11-18-14-9-8-10-19(12-14)15(20)21-17(5,6)7/h13-14,18H,8-12H2,1-7H3. The van der Waals surface area contributed by atoms with Crippen LogP contribution in [0.1, 0.15) is 61.3 Å². The van der Waals surface area contributed by atoms with Gasteiger partial charge in [0.05, 0.1) is 0 Å². The van der Waals surface area contributed by atoms with E-state index in [0.29, 0.717) is 17.4 Å². The first kappa shape index (κ1) is 18.3. The fraction of sp³-hybridized carbons (Fsp3) is 0.941. The van der Waals surface area contributed by atoms with Crippen molar-refractivity contribution in [2.45, 2.75) is 73.0 Å². The summed E-state index contributed by atoms with van der Waals surface area (Å²) in [6.07, 6.45) is 2.00. The first-order valence-electron chi connectivity index (χ1n) is 8.20. The number of piperidine rings is 1. The zero-order valence-electron chi connectivity index (χ0n) is 15.0. The third kappa shape index (κ3) is 6.68. The van der Waals surface area contributed by atoms with Gasteiger partial charge < -0.3 is 15.0 Å². The van der Waals surface area contributed by atoms with Crippen molar-refractivity contribution in [3.8, 4) is 0 Å². The number of nitrogens with zero attached hydrogens (tertiary/aromatic N) is 1. The largest absolute Gasteiger partial charge is 0.444 e. The van der Waals surface area contributed by atoms with Gasteiger partial charge in [-0.2, -0.15) is 0 Å². The highest BCUT2D eigenvalue weighted by Gasteiger charge is 2.28. The SMILES string of the molecule is CC(CNC1CCCN(C(=O)OC(C)(C)C)C1)C(C)(C)C. The molecule has 0 spiro atoms. The molecule has 1 heterocycles. The van der Waals surface area contributed by atoms with E-state index >= 15 is 0 Å². The summed E-state index contributed by atoms with van der Waals surface area (Å²) in [5.41, 5.74) is -0.106. The molecule has 1 aliphatic heterocycles. The molecule has 4 heteroatoms. The Morgan fingerprint density at radius 2 is 1.90 bits per heavy atom. The van der Waals surface area contributed by atoms with Gasteiger partial charge in [-0.1, -0.05) is 27.7 Å². The van der Waals surface area contributed by atoms with Gasteiger partial charge in [0.2, 0.25) is 0 Å². The predicted molar refractivity (Wildman–Crippen MR) is 87.5 cm³/mol. The molecule has 1 N–H and O–H groups in total. The van der Waals surface area contributed by atoms with Crippen LogP contribution < -0.4 is 5.32 Å². The second-order valence-corrected chi connectivity index (χ2v) is 8.44. The zero-order valence-corrected chi connectivity index (χ0v) is 15.0. The fourth-order valence-electron chi connectivity index (χ4n) is 2.29. The maximum atomic E-state index is 12.1. The molecule has 4 nitrogen and oxygen atoms in total. The molecule has 0 aliphatic carbocycles. The third-order valence-corrected chi connectivity index (χ3v) is 4.26. The highest BCUT2D eigenvalue weighted by atomic mass is 16.6. The van der Waals surface area contributed by atoms with E-state index in [1.54, 1.807) is 0 Å². The molecule has 1 aliphatic rings. The van der Waals surface area contributed by atoms with Crippen LogP contribution >= 0.6 is 0 Å². The molecule has 2 atom stereocenters. The molecule has 1 amide bonds. The first-order chi connectivity index (χ1) is 9.49. The Kier molecular flexibility index (Phi) is 6.09. The van der Waals surface area contributed by atoms with Crippen LogP contribution in [0.25, 0.3) is 0 Å². The van der Waals surface area contributed by atoms with Gasteiger partial charge in [-0.25, -0.2) is 4.79 Å². The fourth-order valence-corrected chi connectivity index (χ4v) is 2.29. The minimum absolute atomic E-state index is 0.183. The highest BCUT2D eigenvalue weighted by molar-refractivity contribution is 5.68. The molecule has 0 aromatic heterocycles. The third-order valence-electron chi connectivity index (χ3n) is 4.26. The van der Waals surface area contributed by atoms with E-state index in [1.165, 1.54) is 0 Å². The van der Waals surface area contributed by atoms with Crippen molar-refractivity contribution in [1.29, 1.82) is 0 Å². The number of hydrogen-bond donors (Lipinski definition) is 1. The monoisotopic (exact) mass is 298 g/mol. The summed E-state index contributed by atoms with van der Waals surface area (Å²) in [6.45, 7) is 17.4. The van der Waals surface area contributed by atoms with Crippen LogP contribution in [0, 0.1) is 11.3 Å². The molecule has 1 saturated heterocycles.